The maximum atomic E-state index is 13.0. The molecule has 0 unspecified atom stereocenters. The second-order valence-corrected chi connectivity index (χ2v) is 4.39. The highest BCUT2D eigenvalue weighted by Crippen LogP contribution is 2.09. The summed E-state index contributed by atoms with van der Waals surface area (Å²) in [4.78, 5) is 25.3. The van der Waals surface area contributed by atoms with Gasteiger partial charge in [-0.05, 0) is 18.2 Å². The minimum absolute atomic E-state index is 0.0329. The summed E-state index contributed by atoms with van der Waals surface area (Å²) in [6.07, 6.45) is 0. The molecule has 0 saturated carbocycles. The maximum Gasteiger partial charge on any atom is 0.338 e. The van der Waals surface area contributed by atoms with Crippen molar-refractivity contribution >= 4 is 17.9 Å². The van der Waals surface area contributed by atoms with Gasteiger partial charge in [0.2, 0.25) is 11.9 Å². The zero-order valence-corrected chi connectivity index (χ0v) is 11.6. The number of hydrogen-bond donors (Lipinski definition) is 1. The van der Waals surface area contributed by atoms with Gasteiger partial charge in [-0.15, -0.1) is 0 Å². The Morgan fingerprint density at radius 3 is 2.76 bits per heavy atom. The Hall–Kier alpha value is -2.77. The zero-order chi connectivity index (χ0) is 15.4. The van der Waals surface area contributed by atoms with E-state index in [-0.39, 0.29) is 23.9 Å². The first-order chi connectivity index (χ1) is 9.95. The molecule has 0 radical (unpaired) electrons. The van der Waals surface area contributed by atoms with Crippen LogP contribution in [0.2, 0.25) is 0 Å². The number of rotatable bonds is 4. The predicted octanol–water partition coefficient (Wildman–Crippen LogP) is 1.02. The smallest absolute Gasteiger partial charge is 0.338 e. The van der Waals surface area contributed by atoms with E-state index in [4.69, 9.17) is 10.5 Å². The number of anilines is 2. The summed E-state index contributed by atoms with van der Waals surface area (Å²) in [5.74, 6) is -0.565. The van der Waals surface area contributed by atoms with E-state index < -0.39 is 11.8 Å². The Bertz CT molecular complexity index is 663. The average Bonchev–Trinajstić information content (AvgIpc) is 2.44. The van der Waals surface area contributed by atoms with E-state index in [1.54, 1.807) is 19.0 Å². The number of ether oxygens (including phenoxy) is 1. The van der Waals surface area contributed by atoms with Crippen LogP contribution in [0.1, 0.15) is 16.2 Å². The van der Waals surface area contributed by atoms with Crippen LogP contribution in [-0.2, 0) is 11.3 Å². The largest absolute Gasteiger partial charge is 0.454 e. The lowest BCUT2D eigenvalue weighted by Crippen LogP contribution is -2.17. The second kappa shape index (κ2) is 6.12. The summed E-state index contributed by atoms with van der Waals surface area (Å²) in [5, 5.41) is 0. The Morgan fingerprint density at radius 1 is 1.33 bits per heavy atom. The van der Waals surface area contributed by atoms with Crippen molar-refractivity contribution in [3.8, 4) is 0 Å². The van der Waals surface area contributed by atoms with Crippen molar-refractivity contribution in [1.29, 1.82) is 0 Å². The number of hydrogen-bond acceptors (Lipinski definition) is 7. The van der Waals surface area contributed by atoms with Crippen LogP contribution < -0.4 is 10.6 Å². The van der Waals surface area contributed by atoms with Crippen molar-refractivity contribution < 1.29 is 13.9 Å². The van der Waals surface area contributed by atoms with Crippen molar-refractivity contribution in [1.82, 2.24) is 15.0 Å². The number of nitrogen functional groups attached to an aromatic ring is 1. The molecule has 1 aromatic carbocycles. The van der Waals surface area contributed by atoms with Gasteiger partial charge in [0.05, 0.1) is 5.56 Å². The highest BCUT2D eigenvalue weighted by Gasteiger charge is 2.11. The molecule has 110 valence electrons. The van der Waals surface area contributed by atoms with Crippen LogP contribution in [0.3, 0.4) is 0 Å². The predicted molar refractivity (Wildman–Crippen MR) is 74.1 cm³/mol. The molecule has 0 spiro atoms. The Kier molecular flexibility index (Phi) is 4.27. The molecule has 2 rings (SSSR count). The molecule has 0 amide bonds. The molecule has 21 heavy (non-hydrogen) atoms. The van der Waals surface area contributed by atoms with Gasteiger partial charge in [-0.2, -0.15) is 15.0 Å². The third kappa shape index (κ3) is 3.85. The SMILES string of the molecule is CN(C)c1nc(N)nc(COC(=O)c2cccc(F)c2)n1. The summed E-state index contributed by atoms with van der Waals surface area (Å²) in [6.45, 7) is -0.178. The minimum atomic E-state index is -0.667. The third-order valence-electron chi connectivity index (χ3n) is 2.48. The number of aromatic nitrogens is 3. The number of nitrogens with zero attached hydrogens (tertiary/aromatic N) is 4. The van der Waals surface area contributed by atoms with E-state index in [1.807, 2.05) is 0 Å². The molecular formula is C13H14FN5O2. The lowest BCUT2D eigenvalue weighted by molar-refractivity contribution is 0.0461. The molecule has 1 heterocycles. The summed E-state index contributed by atoms with van der Waals surface area (Å²) < 4.78 is 18.0. The van der Waals surface area contributed by atoms with Crippen molar-refractivity contribution in [3.05, 3.63) is 41.5 Å². The molecule has 0 atom stereocenters. The molecule has 0 bridgehead atoms. The lowest BCUT2D eigenvalue weighted by atomic mass is 10.2. The average molecular weight is 291 g/mol. The fraction of sp³-hybridized carbons (Fsp3) is 0.231. The van der Waals surface area contributed by atoms with Gasteiger partial charge in [0.15, 0.2) is 12.4 Å². The van der Waals surface area contributed by atoms with Gasteiger partial charge in [-0.3, -0.25) is 0 Å². The molecule has 0 aliphatic heterocycles. The van der Waals surface area contributed by atoms with Crippen molar-refractivity contribution in [2.24, 2.45) is 0 Å². The molecule has 0 fully saturated rings. The Morgan fingerprint density at radius 2 is 2.10 bits per heavy atom. The van der Waals surface area contributed by atoms with Gasteiger partial charge in [0.25, 0.3) is 0 Å². The normalized spacial score (nSPS) is 10.2. The molecule has 7 nitrogen and oxygen atoms in total. The van der Waals surface area contributed by atoms with Crippen LogP contribution >= 0.6 is 0 Å². The number of esters is 1. The summed E-state index contributed by atoms with van der Waals surface area (Å²) in [5.41, 5.74) is 5.67. The van der Waals surface area contributed by atoms with Gasteiger partial charge in [0.1, 0.15) is 5.82 Å². The molecule has 2 aromatic rings. The van der Waals surface area contributed by atoms with Gasteiger partial charge >= 0.3 is 5.97 Å². The fourth-order valence-electron chi connectivity index (χ4n) is 1.52. The van der Waals surface area contributed by atoms with Crippen molar-refractivity contribution in [2.45, 2.75) is 6.61 Å². The standard InChI is InChI=1S/C13H14FN5O2/c1-19(2)13-17-10(16-12(15)18-13)7-21-11(20)8-4-3-5-9(14)6-8/h3-6H,7H2,1-2H3,(H2,15,16,17,18). The molecule has 0 aliphatic rings. The van der Waals surface area contributed by atoms with E-state index >= 15 is 0 Å². The minimum Gasteiger partial charge on any atom is -0.454 e. The van der Waals surface area contributed by atoms with E-state index in [0.717, 1.165) is 6.07 Å². The molecule has 0 aliphatic carbocycles. The highest BCUT2D eigenvalue weighted by atomic mass is 19.1. The molecular weight excluding hydrogens is 277 g/mol. The van der Waals surface area contributed by atoms with E-state index in [0.29, 0.717) is 5.95 Å². The van der Waals surface area contributed by atoms with E-state index in [9.17, 15) is 9.18 Å². The summed E-state index contributed by atoms with van der Waals surface area (Å²) in [7, 11) is 3.49. The third-order valence-corrected chi connectivity index (χ3v) is 2.48. The monoisotopic (exact) mass is 291 g/mol. The topological polar surface area (TPSA) is 94.2 Å². The number of carbonyl (C=O) groups excluding carboxylic acids is 1. The Labute approximate surface area is 120 Å². The van der Waals surface area contributed by atoms with Crippen molar-refractivity contribution in [3.63, 3.8) is 0 Å². The first-order valence-electron chi connectivity index (χ1n) is 6.06. The zero-order valence-electron chi connectivity index (χ0n) is 11.6. The van der Waals surface area contributed by atoms with E-state index in [2.05, 4.69) is 15.0 Å². The quantitative estimate of drug-likeness (QED) is 0.840. The highest BCUT2D eigenvalue weighted by molar-refractivity contribution is 5.89. The number of halogens is 1. The number of nitrogens with two attached hydrogens (primary N) is 1. The van der Waals surface area contributed by atoms with E-state index in [1.165, 1.54) is 18.2 Å². The Balaban J connectivity index is 2.08. The summed E-state index contributed by atoms with van der Waals surface area (Å²) in [6, 6.07) is 5.22. The first-order valence-corrected chi connectivity index (χ1v) is 6.06. The van der Waals surface area contributed by atoms with Gasteiger partial charge in [-0.1, -0.05) is 6.07 Å². The maximum absolute atomic E-state index is 13.0. The number of benzene rings is 1. The van der Waals surface area contributed by atoms with Gasteiger partial charge in [0, 0.05) is 14.1 Å². The molecule has 1 aromatic heterocycles. The molecule has 2 N–H and O–H groups in total. The van der Waals surface area contributed by atoms with Crippen LogP contribution in [0, 0.1) is 5.82 Å². The second-order valence-electron chi connectivity index (χ2n) is 4.39. The van der Waals surface area contributed by atoms with Crippen molar-refractivity contribution in [2.75, 3.05) is 24.7 Å². The van der Waals surface area contributed by atoms with Gasteiger partial charge in [-0.25, -0.2) is 9.18 Å². The molecule has 8 heteroatoms. The van der Waals surface area contributed by atoms with Crippen LogP contribution in [-0.4, -0.2) is 35.0 Å². The lowest BCUT2D eigenvalue weighted by Gasteiger charge is -2.11. The van der Waals surface area contributed by atoms with Crippen LogP contribution in [0.15, 0.2) is 24.3 Å². The summed E-state index contributed by atoms with van der Waals surface area (Å²) >= 11 is 0. The van der Waals surface area contributed by atoms with Crippen LogP contribution in [0.25, 0.3) is 0 Å². The number of carbonyl (C=O) groups is 1. The first kappa shape index (κ1) is 14.6. The van der Waals surface area contributed by atoms with Crippen LogP contribution in [0.4, 0.5) is 16.3 Å². The van der Waals surface area contributed by atoms with Gasteiger partial charge < -0.3 is 15.4 Å². The fourth-order valence-corrected chi connectivity index (χ4v) is 1.52. The van der Waals surface area contributed by atoms with Crippen LogP contribution in [0.5, 0.6) is 0 Å². The molecule has 0 saturated heterocycles.